The molecule has 1 aromatic carbocycles. The first-order chi connectivity index (χ1) is 9.54. The molecule has 0 bridgehead atoms. The maximum atomic E-state index is 11.7. The summed E-state index contributed by atoms with van der Waals surface area (Å²) in [4.78, 5) is 22.6. The van der Waals surface area contributed by atoms with Crippen LogP contribution in [0.3, 0.4) is 0 Å². The Balaban J connectivity index is 2.49. The number of urea groups is 1. The SMILES string of the molecule is CCCCCCNC(=O)Nc1cc(C(=O)O)ccc1Br. The fourth-order valence-corrected chi connectivity index (χ4v) is 2.02. The molecule has 6 heteroatoms. The number of halogens is 1. The Labute approximate surface area is 126 Å². The highest BCUT2D eigenvalue weighted by atomic mass is 79.9. The normalized spacial score (nSPS) is 10.1. The van der Waals surface area contributed by atoms with Gasteiger partial charge in [0.05, 0.1) is 11.3 Å². The van der Waals surface area contributed by atoms with Crippen LogP contribution in [-0.4, -0.2) is 23.7 Å². The number of hydrogen-bond donors (Lipinski definition) is 3. The van der Waals surface area contributed by atoms with Crippen LogP contribution in [-0.2, 0) is 0 Å². The second-order valence-corrected chi connectivity index (χ2v) is 5.30. The molecule has 0 aliphatic heterocycles. The number of rotatable bonds is 7. The first kappa shape index (κ1) is 16.5. The van der Waals surface area contributed by atoms with E-state index in [1.807, 2.05) is 0 Å². The first-order valence-corrected chi connectivity index (χ1v) is 7.41. The van der Waals surface area contributed by atoms with Crippen LogP contribution in [0.25, 0.3) is 0 Å². The zero-order chi connectivity index (χ0) is 15.0. The Kier molecular flexibility index (Phi) is 7.08. The second kappa shape index (κ2) is 8.58. The van der Waals surface area contributed by atoms with Gasteiger partial charge < -0.3 is 15.7 Å². The number of aromatic carboxylic acids is 1. The van der Waals surface area contributed by atoms with Gasteiger partial charge in [-0.15, -0.1) is 0 Å². The number of unbranched alkanes of at least 4 members (excludes halogenated alkanes) is 3. The van der Waals surface area contributed by atoms with Crippen LogP contribution in [0.2, 0.25) is 0 Å². The van der Waals surface area contributed by atoms with Crippen molar-refractivity contribution in [2.75, 3.05) is 11.9 Å². The zero-order valence-corrected chi connectivity index (χ0v) is 13.0. The number of carbonyl (C=O) groups is 2. The quantitative estimate of drug-likeness (QED) is 0.658. The van der Waals surface area contributed by atoms with Crippen LogP contribution >= 0.6 is 15.9 Å². The molecule has 0 fully saturated rings. The fourth-order valence-electron chi connectivity index (χ4n) is 1.67. The lowest BCUT2D eigenvalue weighted by atomic mass is 10.2. The van der Waals surface area contributed by atoms with Gasteiger partial charge in [0.1, 0.15) is 0 Å². The molecule has 0 saturated heterocycles. The van der Waals surface area contributed by atoms with Gasteiger partial charge in [-0.25, -0.2) is 9.59 Å². The minimum Gasteiger partial charge on any atom is -0.478 e. The molecule has 110 valence electrons. The number of benzene rings is 1. The Morgan fingerprint density at radius 3 is 2.65 bits per heavy atom. The van der Waals surface area contributed by atoms with E-state index >= 15 is 0 Å². The van der Waals surface area contributed by atoms with Crippen LogP contribution < -0.4 is 10.6 Å². The molecule has 0 saturated carbocycles. The lowest BCUT2D eigenvalue weighted by molar-refractivity contribution is 0.0697. The van der Waals surface area contributed by atoms with Gasteiger partial charge >= 0.3 is 12.0 Å². The summed E-state index contributed by atoms with van der Waals surface area (Å²) < 4.78 is 0.642. The van der Waals surface area contributed by atoms with Crippen molar-refractivity contribution in [2.45, 2.75) is 32.6 Å². The Bertz CT molecular complexity index is 477. The maximum Gasteiger partial charge on any atom is 0.335 e. The van der Waals surface area contributed by atoms with E-state index in [0.29, 0.717) is 16.7 Å². The van der Waals surface area contributed by atoms with Gasteiger partial charge in [-0.3, -0.25) is 0 Å². The van der Waals surface area contributed by atoms with Gasteiger partial charge in [0.25, 0.3) is 0 Å². The molecule has 0 spiro atoms. The molecule has 0 heterocycles. The van der Waals surface area contributed by atoms with Crippen LogP contribution in [0.1, 0.15) is 43.0 Å². The van der Waals surface area contributed by atoms with Crippen molar-refractivity contribution in [1.29, 1.82) is 0 Å². The van der Waals surface area contributed by atoms with E-state index in [4.69, 9.17) is 5.11 Å². The summed E-state index contributed by atoms with van der Waals surface area (Å²) in [6.07, 6.45) is 4.35. The van der Waals surface area contributed by atoms with Crippen molar-refractivity contribution in [1.82, 2.24) is 5.32 Å². The van der Waals surface area contributed by atoms with Crippen LogP contribution in [0, 0.1) is 0 Å². The van der Waals surface area contributed by atoms with Crippen LogP contribution in [0.4, 0.5) is 10.5 Å². The van der Waals surface area contributed by atoms with Crippen molar-refractivity contribution < 1.29 is 14.7 Å². The Morgan fingerprint density at radius 1 is 1.25 bits per heavy atom. The van der Waals surface area contributed by atoms with Crippen molar-refractivity contribution in [3.63, 3.8) is 0 Å². The average molecular weight is 343 g/mol. The van der Waals surface area contributed by atoms with Gasteiger partial charge in [-0.1, -0.05) is 26.2 Å². The summed E-state index contributed by atoms with van der Waals surface area (Å²) in [7, 11) is 0. The van der Waals surface area contributed by atoms with E-state index in [1.165, 1.54) is 12.1 Å². The number of hydrogen-bond acceptors (Lipinski definition) is 2. The second-order valence-electron chi connectivity index (χ2n) is 4.44. The number of carbonyl (C=O) groups excluding carboxylic acids is 1. The summed E-state index contributed by atoms with van der Waals surface area (Å²) >= 11 is 3.28. The highest BCUT2D eigenvalue weighted by molar-refractivity contribution is 9.10. The topological polar surface area (TPSA) is 78.4 Å². The molecular weight excluding hydrogens is 324 g/mol. The molecule has 0 aromatic heterocycles. The minimum atomic E-state index is -1.03. The molecular formula is C14H19BrN2O3. The van der Waals surface area contributed by atoms with Crippen molar-refractivity contribution in [3.8, 4) is 0 Å². The summed E-state index contributed by atoms with van der Waals surface area (Å²) in [5.74, 6) is -1.03. The van der Waals surface area contributed by atoms with Gasteiger partial charge in [0, 0.05) is 11.0 Å². The standard InChI is InChI=1S/C14H19BrN2O3/c1-2-3-4-5-8-16-14(20)17-12-9-10(13(18)19)6-7-11(12)15/h6-7,9H,2-5,8H2,1H3,(H,18,19)(H2,16,17,20). The van der Waals surface area contributed by atoms with Crippen LogP contribution in [0.5, 0.6) is 0 Å². The van der Waals surface area contributed by atoms with E-state index in [9.17, 15) is 9.59 Å². The molecule has 0 atom stereocenters. The molecule has 1 aromatic rings. The van der Waals surface area contributed by atoms with Gasteiger partial charge in [-0.05, 0) is 40.5 Å². The largest absolute Gasteiger partial charge is 0.478 e. The predicted octanol–water partition coefficient (Wildman–Crippen LogP) is 3.85. The molecule has 0 aliphatic carbocycles. The zero-order valence-electron chi connectivity index (χ0n) is 11.4. The minimum absolute atomic E-state index is 0.131. The summed E-state index contributed by atoms with van der Waals surface area (Å²) in [5, 5.41) is 14.3. The summed E-state index contributed by atoms with van der Waals surface area (Å²) in [6.45, 7) is 2.75. The lowest BCUT2D eigenvalue weighted by Gasteiger charge is -2.09. The maximum absolute atomic E-state index is 11.7. The number of nitrogens with one attached hydrogen (secondary N) is 2. The summed E-state index contributed by atoms with van der Waals surface area (Å²) in [5.41, 5.74) is 0.572. The molecule has 20 heavy (non-hydrogen) atoms. The number of carboxylic acid groups (broad SMARTS) is 1. The molecule has 3 N–H and O–H groups in total. The monoisotopic (exact) mass is 342 g/mol. The Hall–Kier alpha value is -1.56. The van der Waals surface area contributed by atoms with Crippen molar-refractivity contribution in [2.24, 2.45) is 0 Å². The number of anilines is 1. The average Bonchev–Trinajstić information content (AvgIpc) is 2.40. The predicted molar refractivity (Wildman–Crippen MR) is 82.3 cm³/mol. The molecule has 0 radical (unpaired) electrons. The third-order valence-electron chi connectivity index (χ3n) is 2.78. The third-order valence-corrected chi connectivity index (χ3v) is 3.47. The third kappa shape index (κ3) is 5.61. The molecule has 2 amide bonds. The lowest BCUT2D eigenvalue weighted by Crippen LogP contribution is -2.29. The number of amides is 2. The summed E-state index contributed by atoms with van der Waals surface area (Å²) in [6, 6.07) is 4.16. The van der Waals surface area contributed by atoms with Crippen molar-refractivity contribution in [3.05, 3.63) is 28.2 Å². The van der Waals surface area contributed by atoms with Crippen molar-refractivity contribution >= 4 is 33.6 Å². The Morgan fingerprint density at radius 2 is 2.00 bits per heavy atom. The van der Waals surface area contributed by atoms with E-state index < -0.39 is 5.97 Å². The van der Waals surface area contributed by atoms with Crippen LogP contribution in [0.15, 0.2) is 22.7 Å². The van der Waals surface area contributed by atoms with Gasteiger partial charge in [0.2, 0.25) is 0 Å². The smallest absolute Gasteiger partial charge is 0.335 e. The molecule has 0 aliphatic rings. The first-order valence-electron chi connectivity index (χ1n) is 6.62. The number of carboxylic acids is 1. The highest BCUT2D eigenvalue weighted by Crippen LogP contribution is 2.23. The highest BCUT2D eigenvalue weighted by Gasteiger charge is 2.09. The fraction of sp³-hybridized carbons (Fsp3) is 0.429. The van der Waals surface area contributed by atoms with Gasteiger partial charge in [-0.2, -0.15) is 0 Å². The molecule has 1 rings (SSSR count). The van der Waals surface area contributed by atoms with Gasteiger partial charge in [0.15, 0.2) is 0 Å². The molecule has 5 nitrogen and oxygen atoms in total. The molecule has 0 unspecified atom stereocenters. The van der Waals surface area contributed by atoms with E-state index in [0.717, 1.165) is 25.7 Å². The van der Waals surface area contributed by atoms with E-state index in [1.54, 1.807) is 6.07 Å². The van der Waals surface area contributed by atoms with E-state index in [-0.39, 0.29) is 11.6 Å². The van der Waals surface area contributed by atoms with E-state index in [2.05, 4.69) is 33.5 Å².